The van der Waals surface area contributed by atoms with Crippen LogP contribution in [0.25, 0.3) is 0 Å². The molecule has 13 heavy (non-hydrogen) atoms. The molecule has 1 nitrogen and oxygen atoms in total. The summed E-state index contributed by atoms with van der Waals surface area (Å²) >= 11 is 12.6. The van der Waals surface area contributed by atoms with Crippen LogP contribution in [0.1, 0.15) is 34.6 Å². The molecule has 0 saturated heterocycles. The second-order valence-corrected chi connectivity index (χ2v) is 5.90. The van der Waals surface area contributed by atoms with Crippen LogP contribution in [0.3, 0.4) is 0 Å². The van der Waals surface area contributed by atoms with Crippen molar-refractivity contribution >= 4 is 23.2 Å². The number of alkyl halides is 2. The first kappa shape index (κ1) is 13.5. The lowest BCUT2D eigenvalue weighted by molar-refractivity contribution is 0.231. The third-order valence-corrected chi connectivity index (χ3v) is 3.79. The van der Waals surface area contributed by atoms with Crippen LogP contribution >= 0.6 is 23.2 Å². The zero-order valence-corrected chi connectivity index (χ0v) is 10.8. The van der Waals surface area contributed by atoms with Gasteiger partial charge < -0.3 is 4.90 Å². The third-order valence-electron chi connectivity index (χ3n) is 2.41. The van der Waals surface area contributed by atoms with Gasteiger partial charge >= 0.3 is 0 Å². The van der Waals surface area contributed by atoms with Gasteiger partial charge in [0.2, 0.25) is 0 Å². The van der Waals surface area contributed by atoms with Crippen LogP contribution in [0.5, 0.6) is 0 Å². The summed E-state index contributed by atoms with van der Waals surface area (Å²) in [6.45, 7) is 13.2. The molecule has 0 N–H and O–H groups in total. The van der Waals surface area contributed by atoms with E-state index in [-0.39, 0.29) is 5.41 Å². The maximum absolute atomic E-state index is 6.29. The van der Waals surface area contributed by atoms with Crippen LogP contribution in [0.2, 0.25) is 0 Å². The fourth-order valence-corrected chi connectivity index (χ4v) is 1.30. The molecule has 0 atom stereocenters. The zero-order valence-electron chi connectivity index (χ0n) is 9.32. The van der Waals surface area contributed by atoms with Crippen molar-refractivity contribution in [3.8, 4) is 0 Å². The normalized spacial score (nSPS) is 13.8. The van der Waals surface area contributed by atoms with Crippen molar-refractivity contribution in [2.45, 2.75) is 39.0 Å². The molecule has 0 aromatic heterocycles. The van der Waals surface area contributed by atoms with E-state index in [1.54, 1.807) is 0 Å². The Morgan fingerprint density at radius 3 is 1.62 bits per heavy atom. The molecule has 0 amide bonds. The van der Waals surface area contributed by atoms with Crippen molar-refractivity contribution in [1.82, 2.24) is 4.90 Å². The number of hydrogen-bond acceptors (Lipinski definition) is 1. The molecule has 0 saturated carbocycles. The van der Waals surface area contributed by atoms with Gasteiger partial charge in [-0.3, -0.25) is 0 Å². The Balaban J connectivity index is 4.31. The van der Waals surface area contributed by atoms with Gasteiger partial charge in [0.15, 0.2) is 0 Å². The zero-order chi connectivity index (χ0) is 10.7. The molecule has 0 radical (unpaired) electrons. The fraction of sp³-hybridized carbons (Fsp3) is 1.00. The van der Waals surface area contributed by atoms with Crippen molar-refractivity contribution in [2.24, 2.45) is 5.41 Å². The molecular formula is C10H21Cl2N. The van der Waals surface area contributed by atoms with Crippen LogP contribution in [0.15, 0.2) is 0 Å². The molecule has 0 aliphatic carbocycles. The van der Waals surface area contributed by atoms with Crippen molar-refractivity contribution in [1.29, 1.82) is 0 Å². The van der Waals surface area contributed by atoms with Gasteiger partial charge in [-0.1, -0.05) is 57.8 Å². The van der Waals surface area contributed by atoms with Gasteiger partial charge in [-0.2, -0.15) is 0 Å². The Labute approximate surface area is 92.4 Å². The Kier molecular flexibility index (Phi) is 5.06. The van der Waals surface area contributed by atoms with E-state index < -0.39 is 4.33 Å². The monoisotopic (exact) mass is 225 g/mol. The van der Waals surface area contributed by atoms with E-state index in [1.165, 1.54) is 0 Å². The van der Waals surface area contributed by atoms with Gasteiger partial charge in [0, 0.05) is 6.54 Å². The summed E-state index contributed by atoms with van der Waals surface area (Å²) in [6.07, 6.45) is 0. The smallest absolute Gasteiger partial charge is 0.135 e. The van der Waals surface area contributed by atoms with Gasteiger partial charge in [-0.05, 0) is 18.5 Å². The van der Waals surface area contributed by atoms with Crippen LogP contribution in [0.4, 0.5) is 0 Å². The number of hydrogen-bond donors (Lipinski definition) is 0. The Hall–Kier alpha value is 0.540. The largest absolute Gasteiger partial charge is 0.301 e. The minimum absolute atomic E-state index is 0.0846. The van der Waals surface area contributed by atoms with E-state index in [4.69, 9.17) is 23.2 Å². The SMILES string of the molecule is CCN(CC)CC(Cl)(Cl)C(C)(C)C. The molecule has 0 unspecified atom stereocenters. The van der Waals surface area contributed by atoms with Crippen LogP contribution in [-0.2, 0) is 0 Å². The molecule has 0 fully saturated rings. The molecule has 80 valence electrons. The molecule has 0 aromatic carbocycles. The van der Waals surface area contributed by atoms with E-state index in [0.29, 0.717) is 0 Å². The highest BCUT2D eigenvalue weighted by atomic mass is 35.5. The first-order chi connectivity index (χ1) is 5.74. The average molecular weight is 226 g/mol. The first-order valence-corrected chi connectivity index (χ1v) is 5.60. The predicted octanol–water partition coefficient (Wildman–Crippen LogP) is 3.55. The molecule has 0 aromatic rings. The summed E-state index contributed by atoms with van der Waals surface area (Å²) in [7, 11) is 0. The summed E-state index contributed by atoms with van der Waals surface area (Å²) in [5, 5.41) is 0. The van der Waals surface area contributed by atoms with Gasteiger partial charge in [0.25, 0.3) is 0 Å². The number of nitrogens with zero attached hydrogens (tertiary/aromatic N) is 1. The van der Waals surface area contributed by atoms with E-state index >= 15 is 0 Å². The Morgan fingerprint density at radius 1 is 1.00 bits per heavy atom. The highest BCUT2D eigenvalue weighted by Crippen LogP contribution is 2.40. The van der Waals surface area contributed by atoms with E-state index in [1.807, 2.05) is 0 Å². The third kappa shape index (κ3) is 4.05. The van der Waals surface area contributed by atoms with Crippen LogP contribution in [0, 0.1) is 5.41 Å². The maximum atomic E-state index is 6.29. The van der Waals surface area contributed by atoms with Gasteiger partial charge in [-0.15, -0.1) is 0 Å². The van der Waals surface area contributed by atoms with Crippen molar-refractivity contribution in [3.05, 3.63) is 0 Å². The summed E-state index contributed by atoms with van der Waals surface area (Å²) in [5.41, 5.74) is -0.0846. The van der Waals surface area contributed by atoms with Crippen molar-refractivity contribution in [2.75, 3.05) is 19.6 Å². The fourth-order valence-electron chi connectivity index (χ4n) is 0.965. The van der Waals surface area contributed by atoms with E-state index in [9.17, 15) is 0 Å². The van der Waals surface area contributed by atoms with Crippen molar-refractivity contribution < 1.29 is 0 Å². The quantitative estimate of drug-likeness (QED) is 0.662. The van der Waals surface area contributed by atoms with Gasteiger partial charge in [0.05, 0.1) is 0 Å². The number of rotatable bonds is 4. The maximum Gasteiger partial charge on any atom is 0.135 e. The molecule has 0 spiro atoms. The molecule has 0 aliphatic heterocycles. The second kappa shape index (κ2) is 4.86. The summed E-state index contributed by atoms with van der Waals surface area (Å²) in [6, 6.07) is 0. The standard InChI is InChI=1S/C10H21Cl2N/c1-6-13(7-2)8-10(11,12)9(3,4)5/h6-8H2,1-5H3. The molecule has 0 heterocycles. The Bertz CT molecular complexity index is 145. The highest BCUT2D eigenvalue weighted by Gasteiger charge is 2.39. The molecule has 3 heteroatoms. The lowest BCUT2D eigenvalue weighted by Gasteiger charge is -2.37. The minimum Gasteiger partial charge on any atom is -0.301 e. The molecular weight excluding hydrogens is 205 g/mol. The van der Waals surface area contributed by atoms with Crippen molar-refractivity contribution in [3.63, 3.8) is 0 Å². The second-order valence-electron chi connectivity index (χ2n) is 4.42. The molecule has 0 bridgehead atoms. The minimum atomic E-state index is -0.668. The highest BCUT2D eigenvalue weighted by molar-refractivity contribution is 6.49. The predicted molar refractivity (Wildman–Crippen MR) is 61.7 cm³/mol. The average Bonchev–Trinajstić information content (AvgIpc) is 1.98. The molecule has 0 rings (SSSR count). The van der Waals surface area contributed by atoms with Gasteiger partial charge in [-0.25, -0.2) is 0 Å². The molecule has 0 aliphatic rings. The van der Waals surface area contributed by atoms with Gasteiger partial charge in [0.1, 0.15) is 4.33 Å². The summed E-state index contributed by atoms with van der Waals surface area (Å²) in [5.74, 6) is 0. The first-order valence-electron chi connectivity index (χ1n) is 4.84. The lowest BCUT2D eigenvalue weighted by atomic mass is 9.90. The summed E-state index contributed by atoms with van der Waals surface area (Å²) < 4.78 is -0.668. The topological polar surface area (TPSA) is 3.24 Å². The van der Waals surface area contributed by atoms with E-state index in [2.05, 4.69) is 39.5 Å². The van der Waals surface area contributed by atoms with Crippen LogP contribution < -0.4 is 0 Å². The van der Waals surface area contributed by atoms with E-state index in [0.717, 1.165) is 19.6 Å². The Morgan fingerprint density at radius 2 is 1.38 bits per heavy atom. The lowest BCUT2D eigenvalue weighted by Crippen LogP contribution is -2.43. The number of halogens is 2. The van der Waals surface area contributed by atoms with Crippen LogP contribution in [-0.4, -0.2) is 28.9 Å². The summed E-state index contributed by atoms with van der Waals surface area (Å²) in [4.78, 5) is 2.24.